The highest BCUT2D eigenvalue weighted by Crippen LogP contribution is 2.09. The molecule has 0 radical (unpaired) electrons. The lowest BCUT2D eigenvalue weighted by Gasteiger charge is -2.07. The largest absolute Gasteiger partial charge is 0.351 e. The molecule has 18 heavy (non-hydrogen) atoms. The monoisotopic (exact) mass is 261 g/mol. The molecule has 1 aromatic carbocycles. The van der Waals surface area contributed by atoms with Crippen LogP contribution in [0.5, 0.6) is 0 Å². The predicted molar refractivity (Wildman–Crippen MR) is 72.0 cm³/mol. The van der Waals surface area contributed by atoms with E-state index in [1.165, 1.54) is 11.3 Å². The highest BCUT2D eigenvalue weighted by molar-refractivity contribution is 7.09. The topological polar surface area (TPSA) is 68.0 Å². The van der Waals surface area contributed by atoms with Crippen molar-refractivity contribution >= 4 is 17.2 Å². The first-order chi connectivity index (χ1) is 8.79. The van der Waals surface area contributed by atoms with Gasteiger partial charge in [0.1, 0.15) is 0 Å². The van der Waals surface area contributed by atoms with Crippen LogP contribution in [-0.4, -0.2) is 10.9 Å². The first kappa shape index (κ1) is 12.7. The lowest BCUT2D eigenvalue weighted by Crippen LogP contribution is -2.24. The highest BCUT2D eigenvalue weighted by atomic mass is 32.1. The fourth-order valence-electron chi connectivity index (χ4n) is 1.68. The number of carbonyl (C=O) groups excluding carboxylic acids is 1. The maximum Gasteiger partial charge on any atom is 0.224 e. The second-order valence-electron chi connectivity index (χ2n) is 3.89. The molecule has 0 aliphatic rings. The van der Waals surface area contributed by atoms with Gasteiger partial charge in [-0.3, -0.25) is 9.78 Å². The Kier molecular flexibility index (Phi) is 4.44. The Morgan fingerprint density at radius 2 is 2.11 bits per heavy atom. The molecule has 2 aromatic rings. The van der Waals surface area contributed by atoms with Crippen molar-refractivity contribution in [3.63, 3.8) is 0 Å². The van der Waals surface area contributed by atoms with E-state index in [9.17, 15) is 4.79 Å². The Bertz CT molecular complexity index is 511. The summed E-state index contributed by atoms with van der Waals surface area (Å²) >= 11 is 1.53. The summed E-state index contributed by atoms with van der Waals surface area (Å²) < 4.78 is 0. The number of nitrogens with one attached hydrogen (secondary N) is 1. The summed E-state index contributed by atoms with van der Waals surface area (Å²) in [6.07, 6.45) is 2.13. The molecule has 0 aliphatic heterocycles. The molecule has 94 valence electrons. The van der Waals surface area contributed by atoms with Gasteiger partial charge in [0.15, 0.2) is 0 Å². The number of aromatic nitrogens is 1. The third-order valence-corrected chi connectivity index (χ3v) is 3.41. The molecule has 0 saturated carbocycles. The summed E-state index contributed by atoms with van der Waals surface area (Å²) in [4.78, 5) is 16.8. The Balaban J connectivity index is 1.90. The molecule has 5 heteroatoms. The van der Waals surface area contributed by atoms with Crippen LogP contribution in [0.1, 0.15) is 16.0 Å². The molecule has 3 N–H and O–H groups in total. The summed E-state index contributed by atoms with van der Waals surface area (Å²) in [7, 11) is 0. The van der Waals surface area contributed by atoms with Crippen LogP contribution in [-0.2, 0) is 24.3 Å². The summed E-state index contributed by atoms with van der Waals surface area (Å²) in [6.45, 7) is 0.993. The summed E-state index contributed by atoms with van der Waals surface area (Å²) in [5.74, 6) is 0.00398. The lowest BCUT2D eigenvalue weighted by atomic mass is 10.0. The zero-order valence-corrected chi connectivity index (χ0v) is 10.7. The molecule has 4 nitrogen and oxygen atoms in total. The number of amides is 1. The molecule has 0 fully saturated rings. The number of nitrogens with two attached hydrogens (primary N) is 1. The highest BCUT2D eigenvalue weighted by Gasteiger charge is 2.06. The van der Waals surface area contributed by atoms with Crippen LogP contribution in [0.3, 0.4) is 0 Å². The van der Waals surface area contributed by atoms with Crippen molar-refractivity contribution in [3.05, 3.63) is 52.0 Å². The molecule has 1 aromatic heterocycles. The van der Waals surface area contributed by atoms with Crippen molar-refractivity contribution in [1.82, 2.24) is 10.3 Å². The average molecular weight is 261 g/mol. The molecular weight excluding hydrogens is 246 g/mol. The smallest absolute Gasteiger partial charge is 0.224 e. The van der Waals surface area contributed by atoms with Gasteiger partial charge in [-0.15, -0.1) is 11.3 Å². The minimum Gasteiger partial charge on any atom is -0.351 e. The van der Waals surface area contributed by atoms with E-state index in [4.69, 9.17) is 5.73 Å². The maximum atomic E-state index is 11.8. The van der Waals surface area contributed by atoms with Crippen molar-refractivity contribution in [3.8, 4) is 0 Å². The van der Waals surface area contributed by atoms with Gasteiger partial charge >= 0.3 is 0 Å². The van der Waals surface area contributed by atoms with Gasteiger partial charge in [-0.2, -0.15) is 0 Å². The number of rotatable bonds is 5. The van der Waals surface area contributed by atoms with Gasteiger partial charge in [0.25, 0.3) is 0 Å². The number of benzene rings is 1. The number of nitrogens with zero attached hydrogens (tertiary/aromatic N) is 1. The molecule has 0 bridgehead atoms. The van der Waals surface area contributed by atoms with Gasteiger partial charge in [-0.1, -0.05) is 24.3 Å². The zero-order chi connectivity index (χ0) is 12.8. The van der Waals surface area contributed by atoms with Gasteiger partial charge in [-0.05, 0) is 11.1 Å². The van der Waals surface area contributed by atoms with Crippen molar-refractivity contribution in [2.24, 2.45) is 5.73 Å². The maximum absolute atomic E-state index is 11.8. The van der Waals surface area contributed by atoms with Gasteiger partial charge in [-0.25, -0.2) is 0 Å². The molecule has 0 spiro atoms. The normalized spacial score (nSPS) is 10.3. The Morgan fingerprint density at radius 1 is 1.33 bits per heavy atom. The number of thiazole rings is 1. The molecule has 0 unspecified atom stereocenters. The van der Waals surface area contributed by atoms with Crippen LogP contribution >= 0.6 is 11.3 Å². The van der Waals surface area contributed by atoms with Crippen LogP contribution in [0.25, 0.3) is 0 Å². The molecular formula is C13H15N3OS. The van der Waals surface area contributed by atoms with Crippen LogP contribution < -0.4 is 11.1 Å². The van der Waals surface area contributed by atoms with E-state index in [-0.39, 0.29) is 5.91 Å². The van der Waals surface area contributed by atoms with Crippen LogP contribution in [0.2, 0.25) is 0 Å². The van der Waals surface area contributed by atoms with Crippen molar-refractivity contribution in [2.75, 3.05) is 0 Å². The van der Waals surface area contributed by atoms with E-state index in [2.05, 4.69) is 10.3 Å². The predicted octanol–water partition coefficient (Wildman–Crippen LogP) is 1.46. The fourth-order valence-corrected chi connectivity index (χ4v) is 2.21. The van der Waals surface area contributed by atoms with Gasteiger partial charge < -0.3 is 11.1 Å². The minimum atomic E-state index is 0.00398. The molecule has 0 saturated heterocycles. The van der Waals surface area contributed by atoms with E-state index in [1.54, 1.807) is 11.7 Å². The fraction of sp³-hybridized carbons (Fsp3) is 0.231. The molecule has 2 rings (SSSR count). The van der Waals surface area contributed by atoms with Crippen molar-refractivity contribution in [1.29, 1.82) is 0 Å². The van der Waals surface area contributed by atoms with E-state index >= 15 is 0 Å². The summed E-state index contributed by atoms with van der Waals surface area (Å²) in [6, 6.07) is 7.74. The third-order valence-electron chi connectivity index (χ3n) is 2.63. The third kappa shape index (κ3) is 3.38. The summed E-state index contributed by atoms with van der Waals surface area (Å²) in [5, 5.41) is 2.88. The molecule has 1 amide bonds. The number of hydrogen-bond acceptors (Lipinski definition) is 4. The van der Waals surface area contributed by atoms with E-state index < -0.39 is 0 Å². The van der Waals surface area contributed by atoms with Crippen molar-refractivity contribution in [2.45, 2.75) is 19.5 Å². The van der Waals surface area contributed by atoms with E-state index in [0.717, 1.165) is 16.0 Å². The second-order valence-corrected chi connectivity index (χ2v) is 4.86. The number of hydrogen-bond donors (Lipinski definition) is 2. The van der Waals surface area contributed by atoms with E-state index in [0.29, 0.717) is 19.5 Å². The minimum absolute atomic E-state index is 0.00398. The van der Waals surface area contributed by atoms with Gasteiger partial charge in [0.2, 0.25) is 5.91 Å². The van der Waals surface area contributed by atoms with Gasteiger partial charge in [0, 0.05) is 17.6 Å². The van der Waals surface area contributed by atoms with Crippen LogP contribution in [0.15, 0.2) is 36.0 Å². The first-order valence-electron chi connectivity index (χ1n) is 5.70. The SMILES string of the molecule is NCc1ccccc1CC(=O)NCc1cncs1. The summed E-state index contributed by atoms with van der Waals surface area (Å²) in [5.41, 5.74) is 9.40. The number of carbonyl (C=O) groups is 1. The standard InChI is InChI=1S/C13H15N3OS/c14-6-11-4-2-1-3-10(11)5-13(17)16-8-12-7-15-9-18-12/h1-4,7,9H,5-6,8,14H2,(H,16,17). The van der Waals surface area contributed by atoms with Crippen LogP contribution in [0, 0.1) is 0 Å². The lowest BCUT2D eigenvalue weighted by molar-refractivity contribution is -0.120. The van der Waals surface area contributed by atoms with Crippen molar-refractivity contribution < 1.29 is 4.79 Å². The Hall–Kier alpha value is -1.72. The first-order valence-corrected chi connectivity index (χ1v) is 6.58. The molecule has 1 heterocycles. The van der Waals surface area contributed by atoms with E-state index in [1.807, 2.05) is 24.3 Å². The van der Waals surface area contributed by atoms with Crippen LogP contribution in [0.4, 0.5) is 0 Å². The average Bonchev–Trinajstić information content (AvgIpc) is 2.90. The quantitative estimate of drug-likeness (QED) is 0.856. The molecule has 0 atom stereocenters. The Labute approximate surface area is 110 Å². The zero-order valence-electron chi connectivity index (χ0n) is 9.93. The Morgan fingerprint density at radius 3 is 2.78 bits per heavy atom. The second kappa shape index (κ2) is 6.28. The molecule has 0 aliphatic carbocycles. The van der Waals surface area contributed by atoms with Gasteiger partial charge in [0.05, 0.1) is 18.5 Å².